The van der Waals surface area contributed by atoms with Gasteiger partial charge in [0, 0.05) is 49.5 Å². The van der Waals surface area contributed by atoms with E-state index >= 15 is 0 Å². The second-order valence-corrected chi connectivity index (χ2v) is 13.3. The molecule has 0 bridgehead atoms. The van der Waals surface area contributed by atoms with Crippen LogP contribution in [-0.2, 0) is 13.9 Å². The summed E-state index contributed by atoms with van der Waals surface area (Å²) < 4.78 is 16.9. The van der Waals surface area contributed by atoms with Crippen LogP contribution in [0.3, 0.4) is 0 Å². The number of benzene rings is 2. The number of amides is 2. The summed E-state index contributed by atoms with van der Waals surface area (Å²) >= 11 is 0. The first kappa shape index (κ1) is 28.3. The maximum atomic E-state index is 13.7. The van der Waals surface area contributed by atoms with Crippen LogP contribution in [-0.4, -0.2) is 71.3 Å². The van der Waals surface area contributed by atoms with Gasteiger partial charge in [0.15, 0.2) is 0 Å². The number of carbonyl (C=O) groups is 2. The number of fused-ring (bicyclic) bond motifs is 1. The second-order valence-electron chi connectivity index (χ2n) is 11.5. The van der Waals surface area contributed by atoms with E-state index in [1.54, 1.807) is 4.90 Å². The van der Waals surface area contributed by atoms with Crippen LogP contribution in [0.25, 0.3) is 17.2 Å². The minimum atomic E-state index is -3.65. The highest BCUT2D eigenvalue weighted by Crippen LogP contribution is 2.42. The van der Waals surface area contributed by atoms with Crippen molar-refractivity contribution in [2.45, 2.75) is 45.6 Å². The van der Waals surface area contributed by atoms with Crippen molar-refractivity contribution in [2.24, 2.45) is 16.1 Å². The molecule has 212 valence electrons. The lowest BCUT2D eigenvalue weighted by molar-refractivity contribution is -0.127. The standard InChI is InChI=1S/C30H37N4O5P/c1-30(2)25(28(36)34-16-13-24(19-34)39-40(3,37)38)17-23-12-11-22(18-26(23)32-29(30)31)20-7-9-21(10-8-20)27(35)33-14-5-4-6-15-33/h7-12,17-18,24H,4-6,13-16,19H2,1-3H3,(H2,31,32)(H,37,38). The summed E-state index contributed by atoms with van der Waals surface area (Å²) in [6.45, 7) is 7.19. The Morgan fingerprint density at radius 2 is 1.68 bits per heavy atom. The lowest BCUT2D eigenvalue weighted by atomic mass is 9.81. The maximum Gasteiger partial charge on any atom is 0.325 e. The number of nitrogens with two attached hydrogens (primary N) is 1. The summed E-state index contributed by atoms with van der Waals surface area (Å²) in [7, 11) is -3.65. The van der Waals surface area contributed by atoms with Gasteiger partial charge in [0.1, 0.15) is 5.84 Å². The van der Waals surface area contributed by atoms with E-state index in [1.165, 1.54) is 6.42 Å². The molecule has 2 amide bonds. The van der Waals surface area contributed by atoms with Gasteiger partial charge in [0.25, 0.3) is 11.8 Å². The van der Waals surface area contributed by atoms with Crippen LogP contribution < -0.4 is 5.73 Å². The maximum absolute atomic E-state index is 13.7. The van der Waals surface area contributed by atoms with Crippen LogP contribution in [0.15, 0.2) is 53.0 Å². The first-order valence-electron chi connectivity index (χ1n) is 13.8. The van der Waals surface area contributed by atoms with E-state index in [2.05, 4.69) is 0 Å². The van der Waals surface area contributed by atoms with Gasteiger partial charge in [-0.15, -0.1) is 0 Å². The Balaban J connectivity index is 1.39. The van der Waals surface area contributed by atoms with Crippen LogP contribution in [0.4, 0.5) is 5.69 Å². The molecule has 10 heteroatoms. The number of piperidine rings is 1. The van der Waals surface area contributed by atoms with E-state index in [0.29, 0.717) is 35.6 Å². The third-order valence-corrected chi connectivity index (χ3v) is 8.69. The van der Waals surface area contributed by atoms with Gasteiger partial charge in [-0.05, 0) is 74.9 Å². The van der Waals surface area contributed by atoms with Crippen molar-refractivity contribution in [1.82, 2.24) is 9.80 Å². The minimum absolute atomic E-state index is 0.0751. The van der Waals surface area contributed by atoms with Crippen molar-refractivity contribution in [3.05, 3.63) is 59.2 Å². The smallest absolute Gasteiger partial charge is 0.325 e. The fraction of sp³-hybridized carbons (Fsp3) is 0.433. The fourth-order valence-electron chi connectivity index (χ4n) is 5.55. The molecule has 0 aromatic heterocycles. The molecule has 5 rings (SSSR count). The van der Waals surface area contributed by atoms with Crippen molar-refractivity contribution in [3.63, 3.8) is 0 Å². The van der Waals surface area contributed by atoms with Gasteiger partial charge in [-0.3, -0.25) is 14.2 Å². The highest BCUT2D eigenvalue weighted by molar-refractivity contribution is 7.51. The molecule has 2 aromatic rings. The second kappa shape index (κ2) is 11.0. The number of aliphatic imine (C=N–C) groups is 1. The van der Waals surface area contributed by atoms with Crippen molar-refractivity contribution in [3.8, 4) is 11.1 Å². The SMILES string of the molecule is CC1(C)C(C(=O)N2CCC(OP(C)(=O)O)C2)=Cc2ccc(-c3ccc(C(=O)N4CCCCC4)cc3)cc2N=C1N. The number of hydrogen-bond acceptors (Lipinski definition) is 6. The molecule has 2 atom stereocenters. The van der Waals surface area contributed by atoms with Gasteiger partial charge in [-0.2, -0.15) is 0 Å². The fourth-order valence-corrected chi connectivity index (χ4v) is 6.27. The summed E-state index contributed by atoms with van der Waals surface area (Å²) in [6, 6.07) is 13.5. The monoisotopic (exact) mass is 564 g/mol. The summed E-state index contributed by atoms with van der Waals surface area (Å²) in [6.07, 6.45) is 5.14. The van der Waals surface area contributed by atoms with Gasteiger partial charge in [-0.1, -0.05) is 24.3 Å². The van der Waals surface area contributed by atoms with Gasteiger partial charge in [-0.25, -0.2) is 4.99 Å². The van der Waals surface area contributed by atoms with Crippen molar-refractivity contribution in [2.75, 3.05) is 32.8 Å². The first-order chi connectivity index (χ1) is 18.9. The van der Waals surface area contributed by atoms with E-state index in [-0.39, 0.29) is 18.4 Å². The van der Waals surface area contributed by atoms with E-state index in [1.807, 2.05) is 67.3 Å². The zero-order chi connectivity index (χ0) is 28.7. The normalized spacial score (nSPS) is 22.1. The average Bonchev–Trinajstić information content (AvgIpc) is 3.35. The molecule has 0 aliphatic carbocycles. The lowest BCUT2D eigenvalue weighted by Gasteiger charge is -2.29. The Hall–Kier alpha value is -3.26. The number of hydrogen-bond donors (Lipinski definition) is 2. The third-order valence-electron chi connectivity index (χ3n) is 8.00. The molecule has 3 N–H and O–H groups in total. The molecule has 40 heavy (non-hydrogen) atoms. The molecule has 3 heterocycles. The Bertz CT molecular complexity index is 1420. The topological polar surface area (TPSA) is 126 Å². The van der Waals surface area contributed by atoms with E-state index in [4.69, 9.17) is 15.2 Å². The molecule has 2 unspecified atom stereocenters. The summed E-state index contributed by atoms with van der Waals surface area (Å²) in [4.78, 5) is 44.4. The summed E-state index contributed by atoms with van der Waals surface area (Å²) in [5.41, 5.74) is 10.2. The number of amidine groups is 1. The van der Waals surface area contributed by atoms with Crippen LogP contribution in [0.2, 0.25) is 0 Å². The summed E-state index contributed by atoms with van der Waals surface area (Å²) in [5.74, 6) is 0.209. The molecule has 3 aliphatic rings. The van der Waals surface area contributed by atoms with Crippen LogP contribution in [0.1, 0.15) is 55.5 Å². The summed E-state index contributed by atoms with van der Waals surface area (Å²) in [5, 5.41) is 0. The third kappa shape index (κ3) is 5.92. The van der Waals surface area contributed by atoms with Gasteiger partial charge in [0.05, 0.1) is 17.2 Å². The zero-order valence-corrected chi connectivity index (χ0v) is 24.2. The Labute approximate surface area is 235 Å². The van der Waals surface area contributed by atoms with Crippen molar-refractivity contribution < 1.29 is 23.6 Å². The Morgan fingerprint density at radius 1 is 1.00 bits per heavy atom. The minimum Gasteiger partial charge on any atom is -0.386 e. The van der Waals surface area contributed by atoms with E-state index in [9.17, 15) is 19.0 Å². The van der Waals surface area contributed by atoms with Gasteiger partial charge in [0.2, 0.25) is 0 Å². The van der Waals surface area contributed by atoms with E-state index in [0.717, 1.165) is 49.3 Å². The van der Waals surface area contributed by atoms with Crippen molar-refractivity contribution >= 4 is 37.0 Å². The first-order valence-corrected chi connectivity index (χ1v) is 15.8. The Kier molecular flexibility index (Phi) is 7.75. The predicted octanol–water partition coefficient (Wildman–Crippen LogP) is 4.82. The Morgan fingerprint density at radius 3 is 2.35 bits per heavy atom. The number of carbonyl (C=O) groups excluding carboxylic acids is 2. The number of nitrogens with zero attached hydrogens (tertiary/aromatic N) is 3. The molecule has 0 saturated carbocycles. The molecule has 0 spiro atoms. The number of likely N-dealkylation sites (tertiary alicyclic amines) is 2. The zero-order valence-electron chi connectivity index (χ0n) is 23.3. The molecule has 2 aromatic carbocycles. The predicted molar refractivity (Wildman–Crippen MR) is 156 cm³/mol. The molecule has 2 saturated heterocycles. The van der Waals surface area contributed by atoms with Crippen LogP contribution in [0.5, 0.6) is 0 Å². The van der Waals surface area contributed by atoms with Crippen LogP contribution >= 0.6 is 7.60 Å². The largest absolute Gasteiger partial charge is 0.386 e. The quantitative estimate of drug-likeness (QED) is 0.502. The molecule has 0 radical (unpaired) electrons. The van der Waals surface area contributed by atoms with Crippen LogP contribution in [0, 0.1) is 5.41 Å². The molecular formula is C30H37N4O5P. The molecular weight excluding hydrogens is 527 g/mol. The molecule has 3 aliphatic heterocycles. The van der Waals surface area contributed by atoms with Crippen molar-refractivity contribution in [1.29, 1.82) is 0 Å². The van der Waals surface area contributed by atoms with Gasteiger partial charge < -0.3 is 25.0 Å². The highest BCUT2D eigenvalue weighted by Gasteiger charge is 2.39. The lowest BCUT2D eigenvalue weighted by Crippen LogP contribution is -2.41. The van der Waals surface area contributed by atoms with E-state index < -0.39 is 19.1 Å². The molecule has 9 nitrogen and oxygen atoms in total. The van der Waals surface area contributed by atoms with Gasteiger partial charge >= 0.3 is 7.60 Å². The average molecular weight is 565 g/mol. The highest BCUT2D eigenvalue weighted by atomic mass is 31.2. The number of rotatable bonds is 5. The molecule has 2 fully saturated rings.